The molecular formula is C26H22F2N6O2. The maximum absolute atomic E-state index is 14.5. The third-order valence-corrected chi connectivity index (χ3v) is 6.67. The number of aromatic nitrogens is 5. The largest absolute Gasteiger partial charge is 0.503 e. The number of anilines is 2. The molecule has 6 rings (SSSR count). The number of halogens is 2. The van der Waals surface area contributed by atoms with Crippen molar-refractivity contribution in [3.05, 3.63) is 76.3 Å². The zero-order chi connectivity index (χ0) is 25.0. The Morgan fingerprint density at radius 1 is 1.14 bits per heavy atom. The number of rotatable bonds is 4. The fourth-order valence-corrected chi connectivity index (χ4v) is 5.00. The lowest BCUT2D eigenvalue weighted by molar-refractivity contribution is 0.152. The Hall–Kier alpha value is -4.47. The Bertz CT molecular complexity index is 1670. The number of aryl methyl sites for hydroxylation is 2. The van der Waals surface area contributed by atoms with E-state index in [1.807, 2.05) is 17.0 Å². The van der Waals surface area contributed by atoms with Gasteiger partial charge in [0, 0.05) is 42.8 Å². The van der Waals surface area contributed by atoms with Crippen molar-refractivity contribution >= 4 is 22.3 Å². The van der Waals surface area contributed by atoms with Crippen molar-refractivity contribution in [1.82, 2.24) is 25.0 Å². The lowest BCUT2D eigenvalue weighted by atomic mass is 9.91. The van der Waals surface area contributed by atoms with Crippen molar-refractivity contribution in [2.45, 2.75) is 19.3 Å². The molecule has 8 nitrogen and oxygen atoms in total. The minimum atomic E-state index is -2.72. The Labute approximate surface area is 203 Å². The van der Waals surface area contributed by atoms with Crippen molar-refractivity contribution < 1.29 is 13.9 Å². The van der Waals surface area contributed by atoms with Crippen LogP contribution in [-0.2, 0) is 13.5 Å². The van der Waals surface area contributed by atoms with Gasteiger partial charge in [-0.1, -0.05) is 6.07 Å². The normalized spacial score (nSPS) is 13.5. The maximum atomic E-state index is 14.5. The van der Waals surface area contributed by atoms with Gasteiger partial charge in [0.15, 0.2) is 5.75 Å². The van der Waals surface area contributed by atoms with Gasteiger partial charge in [0.1, 0.15) is 5.69 Å². The number of nitrogens with zero attached hydrogens (tertiary/aromatic N) is 4. The number of H-pyrrole nitrogens is 2. The van der Waals surface area contributed by atoms with Crippen LogP contribution in [0.4, 0.5) is 20.2 Å². The summed E-state index contributed by atoms with van der Waals surface area (Å²) in [6.07, 6.45) is 3.40. The molecule has 1 aliphatic heterocycles. The lowest BCUT2D eigenvalue weighted by Gasteiger charge is -2.33. The van der Waals surface area contributed by atoms with E-state index in [0.29, 0.717) is 51.3 Å². The molecule has 3 aromatic heterocycles. The van der Waals surface area contributed by atoms with Crippen LogP contribution in [0.3, 0.4) is 0 Å². The molecule has 0 radical (unpaired) electrons. The highest BCUT2D eigenvalue weighted by atomic mass is 19.3. The number of hydrogen-bond acceptors (Lipinski definition) is 5. The molecule has 5 aromatic rings. The van der Waals surface area contributed by atoms with Crippen LogP contribution in [0, 0.1) is 0 Å². The zero-order valence-corrected chi connectivity index (χ0v) is 19.3. The summed E-state index contributed by atoms with van der Waals surface area (Å²) in [5.74, 6) is -0.368. The second kappa shape index (κ2) is 8.33. The molecule has 36 heavy (non-hydrogen) atoms. The summed E-state index contributed by atoms with van der Waals surface area (Å²) in [4.78, 5) is 17.4. The molecule has 0 atom stereocenters. The molecule has 0 saturated heterocycles. The number of aromatic amines is 2. The second-order valence-corrected chi connectivity index (χ2v) is 8.86. The summed E-state index contributed by atoms with van der Waals surface area (Å²) in [5, 5.41) is 21.6. The molecular weight excluding hydrogens is 466 g/mol. The van der Waals surface area contributed by atoms with Gasteiger partial charge in [-0.3, -0.25) is 14.6 Å². The van der Waals surface area contributed by atoms with Crippen LogP contribution in [0.1, 0.15) is 24.0 Å². The quantitative estimate of drug-likeness (QED) is 0.329. The average Bonchev–Trinajstić information content (AvgIpc) is 3.53. The molecule has 0 unspecified atom stereocenters. The second-order valence-electron chi connectivity index (χ2n) is 8.86. The number of fused-ring (bicyclic) bond motifs is 2. The fraction of sp³-hybridized carbons (Fsp3) is 0.192. The van der Waals surface area contributed by atoms with Gasteiger partial charge in [0.2, 0.25) is 5.43 Å². The summed E-state index contributed by atoms with van der Waals surface area (Å²) in [6, 6.07) is 10.4. The van der Waals surface area contributed by atoms with Crippen molar-refractivity contribution in [1.29, 1.82) is 0 Å². The number of nitrogens with one attached hydrogen (secondary N) is 2. The van der Waals surface area contributed by atoms with Crippen molar-refractivity contribution in [2.24, 2.45) is 7.05 Å². The Morgan fingerprint density at radius 3 is 2.78 bits per heavy atom. The smallest absolute Gasteiger partial charge is 0.264 e. The van der Waals surface area contributed by atoms with Crippen LogP contribution in [0.15, 0.2) is 59.8 Å². The highest BCUT2D eigenvalue weighted by Gasteiger charge is 2.27. The molecule has 0 amide bonds. The van der Waals surface area contributed by atoms with Crippen LogP contribution in [-0.4, -0.2) is 36.6 Å². The van der Waals surface area contributed by atoms with Gasteiger partial charge in [-0.2, -0.15) is 10.2 Å². The Morgan fingerprint density at radius 2 is 2.00 bits per heavy atom. The first kappa shape index (κ1) is 22.0. The topological polar surface area (TPSA) is 103 Å². The molecule has 0 saturated carbocycles. The molecule has 182 valence electrons. The first-order chi connectivity index (χ1) is 17.4. The van der Waals surface area contributed by atoms with Gasteiger partial charge in [-0.15, -0.1) is 0 Å². The number of pyridine rings is 1. The molecule has 0 spiro atoms. The standard InChI is InChI=1S/C26H22F2N6O2/c1-33-9-7-19(32-33)23-18(12-30-31-23)16-10-14-4-3-8-34(21(14)11-17(16)26(27)28)20-6-2-5-15-24(20)29-13-22(35)25(15)36/h2,5-7,9-13,26,35H,3-4,8H2,1H3,(H,29,36)(H,30,31). The first-order valence-corrected chi connectivity index (χ1v) is 11.5. The van der Waals surface area contributed by atoms with E-state index in [1.54, 1.807) is 48.4 Å². The maximum Gasteiger partial charge on any atom is 0.264 e. The van der Waals surface area contributed by atoms with Gasteiger partial charge in [0.25, 0.3) is 6.43 Å². The third kappa shape index (κ3) is 3.44. The summed E-state index contributed by atoms with van der Waals surface area (Å²) in [6.45, 7) is 0.599. The van der Waals surface area contributed by atoms with Gasteiger partial charge < -0.3 is 15.0 Å². The van der Waals surface area contributed by atoms with Crippen molar-refractivity contribution in [2.75, 3.05) is 11.4 Å². The molecule has 10 heteroatoms. The first-order valence-electron chi connectivity index (χ1n) is 11.5. The summed E-state index contributed by atoms with van der Waals surface area (Å²) in [7, 11) is 1.79. The number of alkyl halides is 2. The van der Waals surface area contributed by atoms with Gasteiger partial charge in [-0.25, -0.2) is 8.78 Å². The Kier molecular flexibility index (Phi) is 5.10. The van der Waals surface area contributed by atoms with E-state index in [-0.39, 0.29) is 11.3 Å². The van der Waals surface area contributed by atoms with E-state index in [9.17, 15) is 18.7 Å². The molecule has 4 heterocycles. The minimum Gasteiger partial charge on any atom is -0.503 e. The van der Waals surface area contributed by atoms with Crippen LogP contribution < -0.4 is 10.3 Å². The highest BCUT2D eigenvalue weighted by Crippen LogP contribution is 2.43. The van der Waals surface area contributed by atoms with Gasteiger partial charge in [-0.05, 0) is 54.3 Å². The summed E-state index contributed by atoms with van der Waals surface area (Å²) < 4.78 is 30.6. The lowest BCUT2D eigenvalue weighted by Crippen LogP contribution is -2.25. The minimum absolute atomic E-state index is 0.106. The predicted molar refractivity (Wildman–Crippen MR) is 133 cm³/mol. The van der Waals surface area contributed by atoms with E-state index < -0.39 is 11.9 Å². The summed E-state index contributed by atoms with van der Waals surface area (Å²) >= 11 is 0. The summed E-state index contributed by atoms with van der Waals surface area (Å²) in [5.41, 5.74) is 4.42. The van der Waals surface area contributed by atoms with E-state index in [2.05, 4.69) is 20.3 Å². The predicted octanol–water partition coefficient (Wildman–Crippen LogP) is 5.05. The number of hydrogen-bond donors (Lipinski definition) is 3. The molecule has 2 aromatic carbocycles. The fourth-order valence-electron chi connectivity index (χ4n) is 5.00. The van der Waals surface area contributed by atoms with Crippen molar-refractivity contribution in [3.8, 4) is 28.3 Å². The molecule has 0 fully saturated rings. The molecule has 1 aliphatic rings. The van der Waals surface area contributed by atoms with E-state index in [0.717, 1.165) is 18.4 Å². The SMILES string of the molecule is Cn1ccc(-c2[nH]ncc2-c2cc3c(cc2C(F)F)N(c2cccc4c(=O)c(O)c[nH]c24)CCC3)n1. The average molecular weight is 488 g/mol. The van der Waals surface area contributed by atoms with Crippen LogP contribution in [0.5, 0.6) is 5.75 Å². The van der Waals surface area contributed by atoms with E-state index in [4.69, 9.17) is 0 Å². The van der Waals surface area contributed by atoms with Gasteiger partial charge >= 0.3 is 0 Å². The van der Waals surface area contributed by atoms with Crippen molar-refractivity contribution in [3.63, 3.8) is 0 Å². The molecule has 3 N–H and O–H groups in total. The zero-order valence-electron chi connectivity index (χ0n) is 19.3. The van der Waals surface area contributed by atoms with Gasteiger partial charge in [0.05, 0.1) is 28.5 Å². The van der Waals surface area contributed by atoms with E-state index in [1.165, 1.54) is 6.20 Å². The van der Waals surface area contributed by atoms with Crippen LogP contribution in [0.2, 0.25) is 0 Å². The van der Waals surface area contributed by atoms with Crippen LogP contribution in [0.25, 0.3) is 33.4 Å². The number of aromatic hydroxyl groups is 1. The Balaban J connectivity index is 1.53. The number of para-hydroxylation sites is 1. The third-order valence-electron chi connectivity index (χ3n) is 6.67. The molecule has 0 aliphatic carbocycles. The molecule has 0 bridgehead atoms. The monoisotopic (exact) mass is 488 g/mol. The number of benzene rings is 2. The highest BCUT2D eigenvalue weighted by molar-refractivity contribution is 5.94. The van der Waals surface area contributed by atoms with E-state index >= 15 is 0 Å². The van der Waals surface area contributed by atoms with Crippen LogP contribution >= 0.6 is 0 Å².